The molecule has 1 atom stereocenters. The highest BCUT2D eigenvalue weighted by atomic mass is 127. The van der Waals surface area contributed by atoms with E-state index in [1.165, 1.54) is 0 Å². The lowest BCUT2D eigenvalue weighted by Crippen LogP contribution is -2.14. The van der Waals surface area contributed by atoms with Crippen LogP contribution in [-0.2, 0) is 0 Å². The molecular formula is C14H12Br2INO. The van der Waals surface area contributed by atoms with Crippen molar-refractivity contribution in [1.29, 1.82) is 0 Å². The van der Waals surface area contributed by atoms with E-state index in [-0.39, 0.29) is 6.04 Å². The van der Waals surface area contributed by atoms with Gasteiger partial charge in [0, 0.05) is 18.1 Å². The number of methoxy groups -OCH3 is 1. The Kier molecular flexibility index (Phi) is 5.28. The minimum absolute atomic E-state index is 0.239. The monoisotopic (exact) mass is 495 g/mol. The summed E-state index contributed by atoms with van der Waals surface area (Å²) < 4.78 is 8.54. The van der Waals surface area contributed by atoms with E-state index in [9.17, 15) is 0 Å². The van der Waals surface area contributed by atoms with Gasteiger partial charge in [0.05, 0.1) is 13.2 Å². The van der Waals surface area contributed by atoms with Crippen molar-refractivity contribution < 1.29 is 4.74 Å². The highest BCUT2D eigenvalue weighted by molar-refractivity contribution is 14.1. The van der Waals surface area contributed by atoms with Crippen LogP contribution in [0.15, 0.2) is 45.3 Å². The van der Waals surface area contributed by atoms with Crippen LogP contribution < -0.4 is 10.5 Å². The van der Waals surface area contributed by atoms with Gasteiger partial charge in [0.15, 0.2) is 0 Å². The lowest BCUT2D eigenvalue weighted by molar-refractivity contribution is 0.407. The molecule has 2 aromatic carbocycles. The predicted molar refractivity (Wildman–Crippen MR) is 93.6 cm³/mol. The summed E-state index contributed by atoms with van der Waals surface area (Å²) in [7, 11) is 1.66. The van der Waals surface area contributed by atoms with Gasteiger partial charge in [-0.15, -0.1) is 0 Å². The van der Waals surface area contributed by atoms with Crippen molar-refractivity contribution >= 4 is 54.5 Å². The molecule has 0 aliphatic carbocycles. The van der Waals surface area contributed by atoms with Gasteiger partial charge in [-0.3, -0.25) is 0 Å². The molecule has 100 valence electrons. The van der Waals surface area contributed by atoms with Crippen molar-refractivity contribution in [2.24, 2.45) is 5.73 Å². The standard InChI is InChI=1S/C14H12Br2INO/c1-19-13-5-2-8(15)6-11(13)14(18)10-7-9(17)3-4-12(10)16/h2-7,14H,18H2,1H3. The van der Waals surface area contributed by atoms with Gasteiger partial charge in [-0.1, -0.05) is 31.9 Å². The molecule has 2 aromatic rings. The zero-order valence-corrected chi connectivity index (χ0v) is 15.5. The summed E-state index contributed by atoms with van der Waals surface area (Å²) in [6.07, 6.45) is 0. The molecule has 0 fully saturated rings. The SMILES string of the molecule is COc1ccc(Br)cc1C(N)c1cc(I)ccc1Br. The first-order chi connectivity index (χ1) is 9.02. The number of nitrogens with two attached hydrogens (primary N) is 1. The third-order valence-electron chi connectivity index (χ3n) is 2.82. The smallest absolute Gasteiger partial charge is 0.124 e. The molecule has 0 saturated heterocycles. The zero-order chi connectivity index (χ0) is 14.0. The molecular weight excluding hydrogens is 485 g/mol. The molecule has 0 saturated carbocycles. The largest absolute Gasteiger partial charge is 0.496 e. The van der Waals surface area contributed by atoms with Crippen molar-refractivity contribution in [3.8, 4) is 5.75 Å². The Bertz CT molecular complexity index is 604. The summed E-state index contributed by atoms with van der Waals surface area (Å²) in [5, 5.41) is 0. The fourth-order valence-electron chi connectivity index (χ4n) is 1.87. The minimum atomic E-state index is -0.239. The van der Waals surface area contributed by atoms with E-state index >= 15 is 0 Å². The molecule has 2 rings (SSSR count). The molecule has 0 amide bonds. The van der Waals surface area contributed by atoms with Gasteiger partial charge in [0.25, 0.3) is 0 Å². The number of hydrogen-bond acceptors (Lipinski definition) is 2. The van der Waals surface area contributed by atoms with Gasteiger partial charge >= 0.3 is 0 Å². The van der Waals surface area contributed by atoms with E-state index in [1.54, 1.807) is 7.11 Å². The Morgan fingerprint density at radius 2 is 1.84 bits per heavy atom. The Labute approximate surface area is 143 Å². The molecule has 0 heterocycles. The summed E-state index contributed by atoms with van der Waals surface area (Å²) >= 11 is 9.32. The number of ether oxygens (including phenoxy) is 1. The highest BCUT2D eigenvalue weighted by Gasteiger charge is 2.17. The van der Waals surface area contributed by atoms with Gasteiger partial charge < -0.3 is 10.5 Å². The number of halogens is 3. The molecule has 1 unspecified atom stereocenters. The average Bonchev–Trinajstić information content (AvgIpc) is 2.40. The highest BCUT2D eigenvalue weighted by Crippen LogP contribution is 2.34. The zero-order valence-electron chi connectivity index (χ0n) is 10.2. The molecule has 0 bridgehead atoms. The van der Waals surface area contributed by atoms with Gasteiger partial charge in [0.2, 0.25) is 0 Å². The van der Waals surface area contributed by atoms with Gasteiger partial charge in [0.1, 0.15) is 5.75 Å². The maximum Gasteiger partial charge on any atom is 0.124 e. The van der Waals surface area contributed by atoms with E-state index in [1.807, 2.05) is 30.3 Å². The second-order valence-electron chi connectivity index (χ2n) is 4.03. The third kappa shape index (κ3) is 3.51. The lowest BCUT2D eigenvalue weighted by Gasteiger charge is -2.18. The Balaban J connectivity index is 2.51. The molecule has 2 nitrogen and oxygen atoms in total. The Morgan fingerprint density at radius 3 is 2.53 bits per heavy atom. The summed E-state index contributed by atoms with van der Waals surface area (Å²) in [5.41, 5.74) is 8.40. The molecule has 19 heavy (non-hydrogen) atoms. The predicted octanol–water partition coefficient (Wildman–Crippen LogP) is 4.87. The number of hydrogen-bond donors (Lipinski definition) is 1. The van der Waals surface area contributed by atoms with Crippen LogP contribution in [0.5, 0.6) is 5.75 Å². The van der Waals surface area contributed by atoms with Gasteiger partial charge in [-0.2, -0.15) is 0 Å². The number of benzene rings is 2. The van der Waals surface area contributed by atoms with E-state index in [0.29, 0.717) is 0 Å². The van der Waals surface area contributed by atoms with E-state index in [2.05, 4.69) is 60.5 Å². The summed E-state index contributed by atoms with van der Waals surface area (Å²) in [4.78, 5) is 0. The summed E-state index contributed by atoms with van der Waals surface area (Å²) in [6.45, 7) is 0. The molecule has 0 aliphatic rings. The Morgan fingerprint density at radius 1 is 1.11 bits per heavy atom. The first-order valence-electron chi connectivity index (χ1n) is 5.57. The summed E-state index contributed by atoms with van der Waals surface area (Å²) in [5.74, 6) is 0.793. The van der Waals surface area contributed by atoms with Crippen molar-refractivity contribution in [1.82, 2.24) is 0 Å². The van der Waals surface area contributed by atoms with E-state index < -0.39 is 0 Å². The van der Waals surface area contributed by atoms with E-state index in [0.717, 1.165) is 29.4 Å². The average molecular weight is 497 g/mol. The quantitative estimate of drug-likeness (QED) is 0.615. The molecule has 0 aliphatic heterocycles. The first-order valence-corrected chi connectivity index (χ1v) is 8.23. The van der Waals surface area contributed by atoms with Crippen LogP contribution >= 0.6 is 54.5 Å². The molecule has 0 radical (unpaired) electrons. The van der Waals surface area contributed by atoms with E-state index in [4.69, 9.17) is 10.5 Å². The summed E-state index contributed by atoms with van der Waals surface area (Å²) in [6, 6.07) is 11.8. The van der Waals surface area contributed by atoms with Crippen LogP contribution in [0.3, 0.4) is 0 Å². The van der Waals surface area contributed by atoms with Crippen LogP contribution in [0.2, 0.25) is 0 Å². The molecule has 5 heteroatoms. The topological polar surface area (TPSA) is 35.2 Å². The minimum Gasteiger partial charge on any atom is -0.496 e. The molecule has 0 spiro atoms. The fraction of sp³-hybridized carbons (Fsp3) is 0.143. The lowest BCUT2D eigenvalue weighted by atomic mass is 9.99. The van der Waals surface area contributed by atoms with Gasteiger partial charge in [-0.25, -0.2) is 0 Å². The van der Waals surface area contributed by atoms with Crippen LogP contribution in [-0.4, -0.2) is 7.11 Å². The van der Waals surface area contributed by atoms with Crippen LogP contribution in [0.1, 0.15) is 17.2 Å². The molecule has 0 aromatic heterocycles. The van der Waals surface area contributed by atoms with Crippen molar-refractivity contribution in [2.45, 2.75) is 6.04 Å². The van der Waals surface area contributed by atoms with Crippen molar-refractivity contribution in [3.05, 3.63) is 60.0 Å². The van der Waals surface area contributed by atoms with Gasteiger partial charge in [-0.05, 0) is 64.6 Å². The van der Waals surface area contributed by atoms with Crippen molar-refractivity contribution in [2.75, 3.05) is 7.11 Å². The fourth-order valence-corrected chi connectivity index (χ4v) is 3.26. The third-order valence-corrected chi connectivity index (χ3v) is 4.71. The van der Waals surface area contributed by atoms with Crippen LogP contribution in [0.25, 0.3) is 0 Å². The number of rotatable bonds is 3. The van der Waals surface area contributed by atoms with Crippen LogP contribution in [0, 0.1) is 3.57 Å². The van der Waals surface area contributed by atoms with Crippen LogP contribution in [0.4, 0.5) is 0 Å². The second kappa shape index (κ2) is 6.56. The van der Waals surface area contributed by atoms with Crippen molar-refractivity contribution in [3.63, 3.8) is 0 Å². The maximum atomic E-state index is 6.40. The normalized spacial score (nSPS) is 12.3. The first kappa shape index (κ1) is 15.3. The second-order valence-corrected chi connectivity index (χ2v) is 7.05. The molecule has 2 N–H and O–H groups in total. The maximum absolute atomic E-state index is 6.40. The Hall–Kier alpha value is -0.110.